The minimum atomic E-state index is -0.730. The zero-order valence-electron chi connectivity index (χ0n) is 19.2. The van der Waals surface area contributed by atoms with Gasteiger partial charge >= 0.3 is 0 Å². The molecule has 3 nitrogen and oxygen atoms in total. The van der Waals surface area contributed by atoms with Gasteiger partial charge in [0.1, 0.15) is 0 Å². The quantitative estimate of drug-likeness (QED) is 0.246. The number of aromatic nitrogens is 1. The number of carbonyl (C=O) groups is 1. The van der Waals surface area contributed by atoms with Crippen LogP contribution in [0.25, 0.3) is 27.4 Å². The first-order valence-electron chi connectivity index (χ1n) is 12.1. The third kappa shape index (κ3) is 2.11. The lowest BCUT2D eigenvalue weighted by Gasteiger charge is -2.45. The van der Waals surface area contributed by atoms with Crippen LogP contribution in [-0.4, -0.2) is 10.4 Å². The second kappa shape index (κ2) is 6.67. The molecular formula is C33H19NO2. The van der Waals surface area contributed by atoms with Crippen molar-refractivity contribution in [1.82, 2.24) is 4.57 Å². The summed E-state index contributed by atoms with van der Waals surface area (Å²) in [5.74, 6) is 0.0398. The molecule has 2 heterocycles. The predicted molar refractivity (Wildman–Crippen MR) is 142 cm³/mol. The number of para-hydroxylation sites is 2. The van der Waals surface area contributed by atoms with Gasteiger partial charge in [-0.2, -0.15) is 0 Å². The summed E-state index contributed by atoms with van der Waals surface area (Å²) in [5.41, 5.74) is 6.37. The highest BCUT2D eigenvalue weighted by Crippen LogP contribution is 2.55. The molecule has 8 rings (SSSR count). The highest BCUT2D eigenvalue weighted by molar-refractivity contribution is 6.15. The van der Waals surface area contributed by atoms with Crippen LogP contribution in [0.2, 0.25) is 0 Å². The lowest BCUT2D eigenvalue weighted by molar-refractivity contribution is 0.103. The molecule has 1 aliphatic heterocycles. The van der Waals surface area contributed by atoms with Gasteiger partial charge in [-0.15, -0.1) is 0 Å². The van der Waals surface area contributed by atoms with Crippen LogP contribution < -0.4 is 5.56 Å². The van der Waals surface area contributed by atoms with Gasteiger partial charge in [0.25, 0.3) is 5.56 Å². The van der Waals surface area contributed by atoms with Crippen LogP contribution in [0.15, 0.2) is 120 Å². The Morgan fingerprint density at radius 3 is 1.72 bits per heavy atom. The van der Waals surface area contributed by atoms with Crippen molar-refractivity contribution in [3.05, 3.63) is 159 Å². The van der Waals surface area contributed by atoms with E-state index >= 15 is 0 Å². The molecule has 3 heteroatoms. The number of pyridine rings is 1. The van der Waals surface area contributed by atoms with Gasteiger partial charge in [0, 0.05) is 21.9 Å². The highest BCUT2D eigenvalue weighted by atomic mass is 16.1. The zero-order chi connectivity index (χ0) is 24.0. The van der Waals surface area contributed by atoms with E-state index in [2.05, 4.69) is 36.4 Å². The van der Waals surface area contributed by atoms with E-state index in [1.807, 2.05) is 83.4 Å². The second-order valence-electron chi connectivity index (χ2n) is 9.58. The van der Waals surface area contributed by atoms with E-state index in [9.17, 15) is 9.59 Å². The molecule has 0 radical (unpaired) electrons. The van der Waals surface area contributed by atoms with Crippen molar-refractivity contribution >= 4 is 27.5 Å². The number of carbonyl (C=O) groups excluding carboxylic acids is 1. The number of fused-ring (bicyclic) bond motifs is 10. The molecule has 0 saturated heterocycles. The van der Waals surface area contributed by atoms with Gasteiger partial charge in [0.2, 0.25) is 0 Å². The topological polar surface area (TPSA) is 39.1 Å². The molecule has 0 atom stereocenters. The summed E-state index contributed by atoms with van der Waals surface area (Å²) in [5, 5.41) is 2.68. The van der Waals surface area contributed by atoms with Gasteiger partial charge in [-0.25, -0.2) is 0 Å². The summed E-state index contributed by atoms with van der Waals surface area (Å²) in [4.78, 5) is 27.8. The van der Waals surface area contributed by atoms with Crippen molar-refractivity contribution in [2.45, 2.75) is 5.41 Å². The summed E-state index contributed by atoms with van der Waals surface area (Å²) < 4.78 is 1.88. The molecule has 6 aromatic rings. The Hall–Kier alpha value is -4.76. The molecule has 36 heavy (non-hydrogen) atoms. The van der Waals surface area contributed by atoms with Crippen LogP contribution in [0.4, 0.5) is 0 Å². The van der Waals surface area contributed by atoms with E-state index in [1.54, 1.807) is 0 Å². The van der Waals surface area contributed by atoms with Crippen molar-refractivity contribution in [2.24, 2.45) is 0 Å². The summed E-state index contributed by atoms with van der Waals surface area (Å²) in [6.45, 7) is 0. The van der Waals surface area contributed by atoms with Crippen LogP contribution in [0.5, 0.6) is 0 Å². The van der Waals surface area contributed by atoms with Crippen molar-refractivity contribution in [2.75, 3.05) is 0 Å². The SMILES string of the molecule is O=C1c2ccccc2C2(c3ccccc31)c1ccccc1-n1c(=O)c3ccccc3c3cccc2c31. The minimum absolute atomic E-state index is 0.0266. The molecule has 0 bridgehead atoms. The maximum atomic E-state index is 14.0. The van der Waals surface area contributed by atoms with Gasteiger partial charge in [0.15, 0.2) is 5.78 Å². The second-order valence-corrected chi connectivity index (χ2v) is 9.58. The zero-order valence-corrected chi connectivity index (χ0v) is 19.2. The van der Waals surface area contributed by atoms with Crippen LogP contribution in [0, 0.1) is 0 Å². The Morgan fingerprint density at radius 2 is 1.00 bits per heavy atom. The predicted octanol–water partition coefficient (Wildman–Crippen LogP) is 6.38. The van der Waals surface area contributed by atoms with Crippen LogP contribution in [-0.2, 0) is 5.41 Å². The number of ketones is 1. The molecule has 5 aromatic carbocycles. The van der Waals surface area contributed by atoms with Crippen LogP contribution >= 0.6 is 0 Å². The number of hydrogen-bond donors (Lipinski definition) is 0. The normalized spacial score (nSPS) is 14.5. The largest absolute Gasteiger partial charge is 0.289 e. The first-order chi connectivity index (χ1) is 17.7. The van der Waals surface area contributed by atoms with E-state index in [-0.39, 0.29) is 11.3 Å². The standard InChI is InChI=1S/C33H19NO2/c35-31-23-12-3-5-15-25(23)33(26-16-6-4-13-24(26)31)27-17-7-8-19-29(27)34-30-21(14-9-18-28(30)33)20-10-1-2-11-22(20)32(34)36/h1-19H. The first-order valence-corrected chi connectivity index (χ1v) is 12.1. The molecule has 0 saturated carbocycles. The fraction of sp³-hybridized carbons (Fsp3) is 0.0303. The van der Waals surface area contributed by atoms with Crippen molar-refractivity contribution in [1.29, 1.82) is 0 Å². The number of rotatable bonds is 0. The lowest BCUT2D eigenvalue weighted by Crippen LogP contribution is -2.42. The molecule has 1 spiro atoms. The molecule has 168 valence electrons. The molecular weight excluding hydrogens is 442 g/mol. The van der Waals surface area contributed by atoms with E-state index in [0.717, 1.165) is 44.2 Å². The van der Waals surface area contributed by atoms with Gasteiger partial charge in [0.05, 0.1) is 16.6 Å². The Labute approximate surface area is 206 Å². The van der Waals surface area contributed by atoms with E-state index < -0.39 is 5.41 Å². The third-order valence-electron chi connectivity index (χ3n) is 8.01. The molecule has 0 N–H and O–H groups in total. The van der Waals surface area contributed by atoms with Gasteiger partial charge in [-0.05, 0) is 39.8 Å². The summed E-state index contributed by atoms with van der Waals surface area (Å²) >= 11 is 0. The van der Waals surface area contributed by atoms with Gasteiger partial charge < -0.3 is 0 Å². The summed E-state index contributed by atoms with van der Waals surface area (Å²) in [6.07, 6.45) is 0. The number of nitrogens with zero attached hydrogens (tertiary/aromatic N) is 1. The Morgan fingerprint density at radius 1 is 0.472 bits per heavy atom. The lowest BCUT2D eigenvalue weighted by atomic mass is 9.58. The minimum Gasteiger partial charge on any atom is -0.289 e. The van der Waals surface area contributed by atoms with Crippen molar-refractivity contribution in [3.63, 3.8) is 0 Å². The van der Waals surface area contributed by atoms with Crippen molar-refractivity contribution in [3.8, 4) is 5.69 Å². The fourth-order valence-corrected chi connectivity index (χ4v) is 6.68. The Bertz CT molecular complexity index is 1950. The van der Waals surface area contributed by atoms with Crippen LogP contribution in [0.1, 0.15) is 38.2 Å². The molecule has 2 aliphatic rings. The van der Waals surface area contributed by atoms with Crippen molar-refractivity contribution < 1.29 is 4.79 Å². The Balaban J connectivity index is 1.72. The average Bonchev–Trinajstić information content (AvgIpc) is 2.94. The maximum Gasteiger partial charge on any atom is 0.263 e. The first kappa shape index (κ1) is 19.5. The number of hydrogen-bond acceptors (Lipinski definition) is 2. The van der Waals surface area contributed by atoms with Gasteiger partial charge in [-0.1, -0.05) is 103 Å². The van der Waals surface area contributed by atoms with E-state index in [1.165, 1.54) is 0 Å². The molecule has 1 aliphatic carbocycles. The fourth-order valence-electron chi connectivity index (χ4n) is 6.68. The monoisotopic (exact) mass is 461 g/mol. The summed E-state index contributed by atoms with van der Waals surface area (Å²) in [7, 11) is 0. The maximum absolute atomic E-state index is 14.0. The van der Waals surface area contributed by atoms with Crippen LogP contribution in [0.3, 0.4) is 0 Å². The average molecular weight is 462 g/mol. The molecule has 0 unspecified atom stereocenters. The number of benzene rings is 5. The highest BCUT2D eigenvalue weighted by Gasteiger charge is 2.50. The summed E-state index contributed by atoms with van der Waals surface area (Å²) in [6, 6.07) is 38.2. The molecule has 1 aromatic heterocycles. The van der Waals surface area contributed by atoms with E-state index in [0.29, 0.717) is 16.5 Å². The molecule has 0 amide bonds. The third-order valence-corrected chi connectivity index (χ3v) is 8.01. The molecule has 0 fully saturated rings. The Kier molecular flexibility index (Phi) is 3.62. The van der Waals surface area contributed by atoms with E-state index in [4.69, 9.17) is 0 Å². The van der Waals surface area contributed by atoms with Gasteiger partial charge in [-0.3, -0.25) is 14.2 Å². The smallest absolute Gasteiger partial charge is 0.263 e.